The first-order valence-corrected chi connectivity index (χ1v) is 8.09. The van der Waals surface area contributed by atoms with Gasteiger partial charge >= 0.3 is 0 Å². The molecule has 0 fully saturated rings. The third-order valence-corrected chi connectivity index (χ3v) is 4.25. The van der Waals surface area contributed by atoms with Crippen molar-refractivity contribution in [3.8, 4) is 5.75 Å². The van der Waals surface area contributed by atoms with E-state index < -0.39 is 0 Å². The quantitative estimate of drug-likeness (QED) is 0.754. The summed E-state index contributed by atoms with van der Waals surface area (Å²) in [5.74, 6) is 1.58. The van der Waals surface area contributed by atoms with Gasteiger partial charge in [0.1, 0.15) is 5.75 Å². The maximum Gasteiger partial charge on any atom is 0.189 e. The Hall–Kier alpha value is -1.74. The Balaban J connectivity index is 1.67. The van der Waals surface area contributed by atoms with Crippen LogP contribution in [0, 0.1) is 0 Å². The van der Waals surface area contributed by atoms with E-state index in [-0.39, 0.29) is 5.12 Å². The number of hydrogen-bond acceptors (Lipinski definition) is 3. The molecule has 0 unspecified atom stereocenters. The van der Waals surface area contributed by atoms with E-state index in [1.807, 2.05) is 42.5 Å². The summed E-state index contributed by atoms with van der Waals surface area (Å²) < 4.78 is 5.12. The molecule has 110 valence electrons. The Labute approximate surface area is 130 Å². The summed E-state index contributed by atoms with van der Waals surface area (Å²) in [4.78, 5) is 11.9. The average molecular weight is 300 g/mol. The predicted octanol–water partition coefficient (Wildman–Crippen LogP) is 4.48. The molecule has 2 aromatic rings. The van der Waals surface area contributed by atoms with Crippen LogP contribution in [0.5, 0.6) is 5.75 Å². The van der Waals surface area contributed by atoms with Gasteiger partial charge in [-0.1, -0.05) is 54.2 Å². The monoisotopic (exact) mass is 300 g/mol. The van der Waals surface area contributed by atoms with E-state index in [1.165, 1.54) is 17.3 Å². The summed E-state index contributed by atoms with van der Waals surface area (Å²) >= 11 is 1.40. The van der Waals surface area contributed by atoms with Gasteiger partial charge in [0.15, 0.2) is 5.12 Å². The third kappa shape index (κ3) is 5.64. The lowest BCUT2D eigenvalue weighted by atomic mass is 10.1. The zero-order valence-electron chi connectivity index (χ0n) is 12.2. The number of ether oxygens (including phenoxy) is 1. The van der Waals surface area contributed by atoms with Crippen LogP contribution in [0.2, 0.25) is 0 Å². The van der Waals surface area contributed by atoms with E-state index in [9.17, 15) is 4.79 Å². The number of rotatable bonds is 7. The summed E-state index contributed by atoms with van der Waals surface area (Å²) in [6, 6.07) is 18.2. The third-order valence-electron chi connectivity index (χ3n) is 3.25. The zero-order chi connectivity index (χ0) is 14.9. The predicted molar refractivity (Wildman–Crippen MR) is 88.7 cm³/mol. The lowest BCUT2D eigenvalue weighted by Crippen LogP contribution is -1.95. The van der Waals surface area contributed by atoms with Crippen molar-refractivity contribution in [1.29, 1.82) is 0 Å². The fourth-order valence-electron chi connectivity index (χ4n) is 2.04. The van der Waals surface area contributed by atoms with E-state index in [2.05, 4.69) is 12.1 Å². The van der Waals surface area contributed by atoms with Crippen LogP contribution in [0.3, 0.4) is 0 Å². The van der Waals surface area contributed by atoms with Gasteiger partial charge in [-0.3, -0.25) is 4.79 Å². The number of thioether (sulfide) groups is 1. The minimum Gasteiger partial charge on any atom is -0.497 e. The molecule has 2 aromatic carbocycles. The minimum atomic E-state index is 0.266. The molecule has 0 spiro atoms. The van der Waals surface area contributed by atoms with Crippen molar-refractivity contribution in [2.24, 2.45) is 0 Å². The minimum absolute atomic E-state index is 0.266. The number of aryl methyl sites for hydroxylation is 1. The van der Waals surface area contributed by atoms with Gasteiger partial charge in [0.2, 0.25) is 0 Å². The smallest absolute Gasteiger partial charge is 0.189 e. The molecule has 0 saturated carbocycles. The Bertz CT molecular complexity index is 549. The fourth-order valence-corrected chi connectivity index (χ4v) is 2.85. The molecule has 0 aromatic heterocycles. The van der Waals surface area contributed by atoms with Gasteiger partial charge < -0.3 is 4.74 Å². The summed E-state index contributed by atoms with van der Waals surface area (Å²) in [6.07, 6.45) is 2.52. The highest BCUT2D eigenvalue weighted by Crippen LogP contribution is 2.19. The second kappa shape index (κ2) is 8.53. The SMILES string of the molecule is COc1ccc(CSC(=O)CCCc2ccccc2)cc1. The van der Waals surface area contributed by atoms with Crippen molar-refractivity contribution < 1.29 is 9.53 Å². The number of benzene rings is 2. The topological polar surface area (TPSA) is 26.3 Å². The molecule has 0 atom stereocenters. The molecule has 0 N–H and O–H groups in total. The van der Waals surface area contributed by atoms with Crippen molar-refractivity contribution in [3.05, 3.63) is 65.7 Å². The van der Waals surface area contributed by atoms with Crippen LogP contribution in [-0.2, 0) is 17.0 Å². The zero-order valence-corrected chi connectivity index (χ0v) is 13.1. The summed E-state index contributed by atoms with van der Waals surface area (Å²) in [6.45, 7) is 0. The molecule has 2 nitrogen and oxygen atoms in total. The number of methoxy groups -OCH3 is 1. The van der Waals surface area contributed by atoms with E-state index >= 15 is 0 Å². The molecule has 0 aliphatic heterocycles. The molecule has 0 aliphatic carbocycles. The van der Waals surface area contributed by atoms with Crippen LogP contribution < -0.4 is 4.74 Å². The van der Waals surface area contributed by atoms with Crippen LogP contribution in [-0.4, -0.2) is 12.2 Å². The first-order valence-electron chi connectivity index (χ1n) is 7.10. The molecule has 0 bridgehead atoms. The van der Waals surface area contributed by atoms with Crippen molar-refractivity contribution in [2.45, 2.75) is 25.0 Å². The normalized spacial score (nSPS) is 10.3. The van der Waals surface area contributed by atoms with Crippen molar-refractivity contribution in [3.63, 3.8) is 0 Å². The van der Waals surface area contributed by atoms with Crippen molar-refractivity contribution in [1.82, 2.24) is 0 Å². The van der Waals surface area contributed by atoms with E-state index in [0.717, 1.165) is 29.9 Å². The van der Waals surface area contributed by atoms with Crippen LogP contribution in [0.25, 0.3) is 0 Å². The highest BCUT2D eigenvalue weighted by atomic mass is 32.2. The fraction of sp³-hybridized carbons (Fsp3) is 0.278. The van der Waals surface area contributed by atoms with Crippen molar-refractivity contribution >= 4 is 16.9 Å². The van der Waals surface area contributed by atoms with Crippen LogP contribution in [0.15, 0.2) is 54.6 Å². The standard InChI is InChI=1S/C18H20O2S/c1-20-17-12-10-16(11-13-17)14-21-18(19)9-5-8-15-6-3-2-4-7-15/h2-4,6-7,10-13H,5,8-9,14H2,1H3. The second-order valence-corrected chi connectivity index (χ2v) is 5.88. The molecule has 0 amide bonds. The molecule has 0 aliphatic rings. The van der Waals surface area contributed by atoms with E-state index in [0.29, 0.717) is 6.42 Å². The highest BCUT2D eigenvalue weighted by Gasteiger charge is 2.04. The largest absolute Gasteiger partial charge is 0.497 e. The lowest BCUT2D eigenvalue weighted by Gasteiger charge is -2.04. The van der Waals surface area contributed by atoms with Crippen LogP contribution >= 0.6 is 11.8 Å². The summed E-state index contributed by atoms with van der Waals surface area (Å²) in [5.41, 5.74) is 2.45. The van der Waals surface area contributed by atoms with Gasteiger partial charge in [-0.15, -0.1) is 0 Å². The van der Waals surface area contributed by atoms with Gasteiger partial charge in [0.05, 0.1) is 7.11 Å². The van der Waals surface area contributed by atoms with Crippen molar-refractivity contribution in [2.75, 3.05) is 7.11 Å². The molecule has 2 rings (SSSR count). The summed E-state index contributed by atoms with van der Waals surface area (Å²) in [7, 11) is 1.65. The van der Waals surface area contributed by atoms with Gasteiger partial charge in [-0.05, 0) is 36.1 Å². The van der Waals surface area contributed by atoms with Crippen LogP contribution in [0.1, 0.15) is 24.0 Å². The van der Waals surface area contributed by atoms with E-state index in [1.54, 1.807) is 7.11 Å². The highest BCUT2D eigenvalue weighted by molar-refractivity contribution is 8.12. The first kappa shape index (κ1) is 15.6. The number of carbonyl (C=O) groups is 1. The molecule has 3 heteroatoms. The molecule has 0 saturated heterocycles. The Morgan fingerprint density at radius 2 is 1.71 bits per heavy atom. The van der Waals surface area contributed by atoms with Gasteiger partial charge in [-0.2, -0.15) is 0 Å². The van der Waals surface area contributed by atoms with Gasteiger partial charge in [0, 0.05) is 12.2 Å². The average Bonchev–Trinajstić information content (AvgIpc) is 2.54. The number of carbonyl (C=O) groups excluding carboxylic acids is 1. The molecule has 0 radical (unpaired) electrons. The van der Waals surface area contributed by atoms with Crippen LogP contribution in [0.4, 0.5) is 0 Å². The Morgan fingerprint density at radius 3 is 2.38 bits per heavy atom. The maximum absolute atomic E-state index is 11.9. The number of hydrogen-bond donors (Lipinski definition) is 0. The van der Waals surface area contributed by atoms with Gasteiger partial charge in [0.25, 0.3) is 0 Å². The Kier molecular flexibility index (Phi) is 6.35. The summed E-state index contributed by atoms with van der Waals surface area (Å²) in [5, 5.41) is 0.266. The maximum atomic E-state index is 11.9. The lowest BCUT2D eigenvalue weighted by molar-refractivity contribution is -0.111. The molecular formula is C18H20O2S. The first-order chi connectivity index (χ1) is 10.3. The molecule has 0 heterocycles. The molecular weight excluding hydrogens is 280 g/mol. The molecule has 21 heavy (non-hydrogen) atoms. The Morgan fingerprint density at radius 1 is 1.00 bits per heavy atom. The second-order valence-electron chi connectivity index (χ2n) is 4.85. The van der Waals surface area contributed by atoms with E-state index in [4.69, 9.17) is 4.74 Å². The van der Waals surface area contributed by atoms with Gasteiger partial charge in [-0.25, -0.2) is 0 Å².